The van der Waals surface area contributed by atoms with Crippen molar-refractivity contribution in [3.05, 3.63) is 82.8 Å². The molecule has 6 nitrogen and oxygen atoms in total. The summed E-state index contributed by atoms with van der Waals surface area (Å²) >= 11 is 3.37. The first-order valence-corrected chi connectivity index (χ1v) is 8.81. The second kappa shape index (κ2) is 7.92. The zero-order chi connectivity index (χ0) is 19.4. The Morgan fingerprint density at radius 2 is 1.52 bits per heavy atom. The molecule has 0 radical (unpaired) electrons. The molecule has 3 aromatic rings. The van der Waals surface area contributed by atoms with E-state index in [1.165, 1.54) is 12.1 Å². The maximum atomic E-state index is 12.6. The van der Waals surface area contributed by atoms with Gasteiger partial charge in [0, 0.05) is 10.2 Å². The number of anilines is 3. The fraction of sp³-hybridized carbons (Fsp3) is 0. The lowest BCUT2D eigenvalue weighted by Gasteiger charge is -2.23. The Bertz CT molecular complexity index is 993. The lowest BCUT2D eigenvalue weighted by molar-refractivity contribution is 0.102. The highest BCUT2D eigenvalue weighted by atomic mass is 79.9. The standard InChI is InChI=1S/C20H16BrN3O3/c21-15-10-4-5-11-16(15)24(20(22)27)17-12-6-9-14(18(17)25)19(26)23-13-7-2-1-3-8-13/h1-12,25H,(H2,22,27)(H,23,26). The highest BCUT2D eigenvalue weighted by Gasteiger charge is 2.24. The smallest absolute Gasteiger partial charge is 0.324 e. The summed E-state index contributed by atoms with van der Waals surface area (Å²) in [6, 6.07) is 19.6. The van der Waals surface area contributed by atoms with Gasteiger partial charge >= 0.3 is 6.03 Å². The van der Waals surface area contributed by atoms with Crippen LogP contribution in [-0.4, -0.2) is 17.0 Å². The summed E-state index contributed by atoms with van der Waals surface area (Å²) < 4.78 is 0.613. The molecule has 3 aromatic carbocycles. The van der Waals surface area contributed by atoms with Gasteiger partial charge in [0.1, 0.15) is 0 Å². The summed E-state index contributed by atoms with van der Waals surface area (Å²) in [6.45, 7) is 0. The van der Waals surface area contributed by atoms with Crippen LogP contribution in [0.15, 0.2) is 77.3 Å². The Hall–Kier alpha value is -3.32. The van der Waals surface area contributed by atoms with Crippen LogP contribution in [0.1, 0.15) is 10.4 Å². The van der Waals surface area contributed by atoms with E-state index < -0.39 is 11.9 Å². The van der Waals surface area contributed by atoms with Crippen LogP contribution in [-0.2, 0) is 0 Å². The first-order chi connectivity index (χ1) is 13.0. The third-order valence-electron chi connectivity index (χ3n) is 3.85. The molecular weight excluding hydrogens is 410 g/mol. The van der Waals surface area contributed by atoms with Crippen molar-refractivity contribution in [1.82, 2.24) is 0 Å². The Morgan fingerprint density at radius 1 is 0.889 bits per heavy atom. The molecule has 3 amide bonds. The summed E-state index contributed by atoms with van der Waals surface area (Å²) in [5, 5.41) is 13.4. The number of nitrogens with two attached hydrogens (primary N) is 1. The minimum absolute atomic E-state index is 0.0228. The lowest BCUT2D eigenvalue weighted by atomic mass is 10.1. The third kappa shape index (κ3) is 3.93. The first kappa shape index (κ1) is 18.5. The van der Waals surface area contributed by atoms with Crippen molar-refractivity contribution >= 4 is 44.9 Å². The van der Waals surface area contributed by atoms with E-state index in [2.05, 4.69) is 21.2 Å². The van der Waals surface area contributed by atoms with Crippen molar-refractivity contribution in [2.45, 2.75) is 0 Å². The van der Waals surface area contributed by atoms with Crippen molar-refractivity contribution in [1.29, 1.82) is 0 Å². The van der Waals surface area contributed by atoms with Gasteiger partial charge in [0.25, 0.3) is 5.91 Å². The molecule has 0 aliphatic rings. The molecule has 0 bridgehead atoms. The molecule has 0 atom stereocenters. The molecule has 7 heteroatoms. The zero-order valence-electron chi connectivity index (χ0n) is 14.1. The fourth-order valence-corrected chi connectivity index (χ4v) is 3.08. The number of nitrogens with zero attached hydrogens (tertiary/aromatic N) is 1. The van der Waals surface area contributed by atoms with Crippen LogP contribution in [0.5, 0.6) is 5.75 Å². The average molecular weight is 426 g/mol. The van der Waals surface area contributed by atoms with Crippen molar-refractivity contribution in [3.8, 4) is 5.75 Å². The normalized spacial score (nSPS) is 10.3. The second-order valence-electron chi connectivity index (χ2n) is 5.62. The Morgan fingerprint density at radius 3 is 2.19 bits per heavy atom. The number of para-hydroxylation sites is 3. The number of rotatable bonds is 4. The maximum Gasteiger partial charge on any atom is 0.324 e. The zero-order valence-corrected chi connectivity index (χ0v) is 15.7. The van der Waals surface area contributed by atoms with Crippen LogP contribution in [0, 0.1) is 0 Å². The summed E-state index contributed by atoms with van der Waals surface area (Å²) in [6.07, 6.45) is 0. The quantitative estimate of drug-likeness (QED) is 0.568. The van der Waals surface area contributed by atoms with E-state index in [0.717, 1.165) is 4.90 Å². The number of carbonyl (C=O) groups is 2. The summed E-state index contributed by atoms with van der Waals surface area (Å²) in [7, 11) is 0. The van der Waals surface area contributed by atoms with Gasteiger partial charge < -0.3 is 16.2 Å². The van der Waals surface area contributed by atoms with Gasteiger partial charge in [0.15, 0.2) is 5.75 Å². The van der Waals surface area contributed by atoms with Crippen molar-refractivity contribution < 1.29 is 14.7 Å². The van der Waals surface area contributed by atoms with Crippen molar-refractivity contribution in [3.63, 3.8) is 0 Å². The molecule has 0 aliphatic carbocycles. The first-order valence-electron chi connectivity index (χ1n) is 8.01. The van der Waals surface area contributed by atoms with Gasteiger partial charge in [-0.15, -0.1) is 0 Å². The summed E-state index contributed by atoms with van der Waals surface area (Å²) in [5.41, 5.74) is 6.71. The van der Waals surface area contributed by atoms with E-state index in [9.17, 15) is 14.7 Å². The highest BCUT2D eigenvalue weighted by molar-refractivity contribution is 9.10. The monoisotopic (exact) mass is 425 g/mol. The number of aromatic hydroxyl groups is 1. The van der Waals surface area contributed by atoms with E-state index in [-0.39, 0.29) is 17.0 Å². The predicted octanol–water partition coefficient (Wildman–Crippen LogP) is 4.62. The fourth-order valence-electron chi connectivity index (χ4n) is 2.62. The minimum Gasteiger partial charge on any atom is -0.505 e. The molecule has 0 aliphatic heterocycles. The molecule has 4 N–H and O–H groups in total. The number of primary amides is 1. The largest absolute Gasteiger partial charge is 0.505 e. The van der Waals surface area contributed by atoms with Gasteiger partial charge in [-0.05, 0) is 52.3 Å². The molecule has 0 heterocycles. The van der Waals surface area contributed by atoms with Crippen LogP contribution in [0.25, 0.3) is 0 Å². The Kier molecular flexibility index (Phi) is 5.42. The third-order valence-corrected chi connectivity index (χ3v) is 4.52. The number of halogens is 1. The molecule has 0 spiro atoms. The number of hydrogen-bond donors (Lipinski definition) is 3. The molecule has 0 unspecified atom stereocenters. The lowest BCUT2D eigenvalue weighted by Crippen LogP contribution is -2.32. The molecule has 0 saturated heterocycles. The van der Waals surface area contributed by atoms with E-state index in [1.807, 2.05) is 6.07 Å². The van der Waals surface area contributed by atoms with Crippen molar-refractivity contribution in [2.75, 3.05) is 10.2 Å². The molecule has 0 fully saturated rings. The molecule has 3 rings (SSSR count). The van der Waals surface area contributed by atoms with Gasteiger partial charge in [0.2, 0.25) is 0 Å². The Labute approximate surface area is 164 Å². The maximum absolute atomic E-state index is 12.6. The molecular formula is C20H16BrN3O3. The summed E-state index contributed by atoms with van der Waals surface area (Å²) in [5.74, 6) is -0.849. The number of phenolic OH excluding ortho intramolecular Hbond substituents is 1. The van der Waals surface area contributed by atoms with Gasteiger partial charge in [-0.1, -0.05) is 36.4 Å². The predicted molar refractivity (Wildman–Crippen MR) is 108 cm³/mol. The topological polar surface area (TPSA) is 95.7 Å². The number of phenols is 1. The van der Waals surface area contributed by atoms with E-state index in [4.69, 9.17) is 5.73 Å². The number of hydrogen-bond acceptors (Lipinski definition) is 3. The number of benzene rings is 3. The minimum atomic E-state index is -0.794. The van der Waals surface area contributed by atoms with Gasteiger partial charge in [0.05, 0.1) is 16.9 Å². The molecule has 136 valence electrons. The van der Waals surface area contributed by atoms with Crippen LogP contribution in [0.4, 0.5) is 21.9 Å². The number of amides is 3. The van der Waals surface area contributed by atoms with Gasteiger partial charge in [-0.25, -0.2) is 4.79 Å². The number of urea groups is 1. The molecule has 0 saturated carbocycles. The van der Waals surface area contributed by atoms with Gasteiger partial charge in [-0.3, -0.25) is 9.69 Å². The highest BCUT2D eigenvalue weighted by Crippen LogP contribution is 2.38. The molecule has 0 aromatic heterocycles. The summed E-state index contributed by atoms with van der Waals surface area (Å²) in [4.78, 5) is 25.8. The van der Waals surface area contributed by atoms with E-state index >= 15 is 0 Å². The number of carbonyl (C=O) groups excluding carboxylic acids is 2. The molecule has 27 heavy (non-hydrogen) atoms. The SMILES string of the molecule is NC(=O)N(c1ccccc1Br)c1cccc(C(=O)Nc2ccccc2)c1O. The average Bonchev–Trinajstić information content (AvgIpc) is 2.65. The van der Waals surface area contributed by atoms with Crippen LogP contribution < -0.4 is 16.0 Å². The van der Waals surface area contributed by atoms with Crippen LogP contribution in [0.3, 0.4) is 0 Å². The van der Waals surface area contributed by atoms with Crippen molar-refractivity contribution in [2.24, 2.45) is 5.73 Å². The van der Waals surface area contributed by atoms with Gasteiger partial charge in [-0.2, -0.15) is 0 Å². The second-order valence-corrected chi connectivity index (χ2v) is 6.47. The number of nitrogens with one attached hydrogen (secondary N) is 1. The Balaban J connectivity index is 2.02. The van der Waals surface area contributed by atoms with Crippen LogP contribution in [0.2, 0.25) is 0 Å². The van der Waals surface area contributed by atoms with Crippen LogP contribution >= 0.6 is 15.9 Å². The van der Waals surface area contributed by atoms with E-state index in [1.54, 1.807) is 54.6 Å². The van der Waals surface area contributed by atoms with E-state index in [0.29, 0.717) is 15.8 Å².